The highest BCUT2D eigenvalue weighted by molar-refractivity contribution is 6.04. The lowest BCUT2D eigenvalue weighted by Crippen LogP contribution is -2.53. The van der Waals surface area contributed by atoms with Crippen LogP contribution in [0, 0.1) is 29.6 Å². The molecule has 2 aromatic carbocycles. The molecule has 2 unspecified atom stereocenters. The van der Waals surface area contributed by atoms with Crippen LogP contribution in [0.25, 0.3) is 22.3 Å². The first-order valence-corrected chi connectivity index (χ1v) is 19.4. The smallest absolute Gasteiger partial charge is 0.407 e. The molecule has 2 N–H and O–H groups in total. The van der Waals surface area contributed by atoms with Gasteiger partial charge in [0.1, 0.15) is 11.8 Å². The minimum atomic E-state index is -0.645. The molecule has 3 aliphatic heterocycles. The lowest BCUT2D eigenvalue weighted by atomic mass is 9.75. The van der Waals surface area contributed by atoms with Crippen LogP contribution in [-0.2, 0) is 20.9 Å². The Labute approximate surface area is 316 Å². The van der Waals surface area contributed by atoms with E-state index in [0.29, 0.717) is 31.3 Å². The predicted octanol–water partition coefficient (Wildman–Crippen LogP) is 7.67. The molecule has 2 saturated carbocycles. The minimum Gasteiger partial charge on any atom is -0.467 e. The van der Waals surface area contributed by atoms with Crippen molar-refractivity contribution < 1.29 is 23.5 Å². The third-order valence-corrected chi connectivity index (χ3v) is 12.3. The van der Waals surface area contributed by atoms with E-state index in [1.807, 2.05) is 43.3 Å². The normalized spacial score (nSPS) is 25.0. The molecule has 3 amide bonds. The number of allylic oxidation sites excluding steroid dienone is 2. The lowest BCUT2D eigenvalue weighted by Gasteiger charge is -2.31. The Bertz CT molecular complexity index is 2010. The van der Waals surface area contributed by atoms with Gasteiger partial charge in [-0.2, -0.15) is 0 Å². The molecular formula is C44H49N5O5. The van der Waals surface area contributed by atoms with Crippen molar-refractivity contribution in [3.05, 3.63) is 96.2 Å². The number of alkyl carbamates (subject to hydrolysis) is 1. The van der Waals surface area contributed by atoms with Gasteiger partial charge in [0, 0.05) is 55.0 Å². The zero-order valence-electron chi connectivity index (χ0n) is 31.3. The van der Waals surface area contributed by atoms with Crippen LogP contribution >= 0.6 is 0 Å². The van der Waals surface area contributed by atoms with Crippen molar-refractivity contribution in [2.75, 3.05) is 13.7 Å². The van der Waals surface area contributed by atoms with Crippen LogP contribution in [0.3, 0.4) is 0 Å². The van der Waals surface area contributed by atoms with E-state index in [1.54, 1.807) is 6.26 Å². The van der Waals surface area contributed by atoms with E-state index in [1.165, 1.54) is 19.1 Å². The first-order valence-electron chi connectivity index (χ1n) is 19.4. The molecule has 1 saturated heterocycles. The average Bonchev–Trinajstić information content (AvgIpc) is 4.05. The molecular weight excluding hydrogens is 679 g/mol. The number of furan rings is 1. The fraction of sp³-hybridized carbons (Fsp3) is 0.432. The molecule has 6 atom stereocenters. The summed E-state index contributed by atoms with van der Waals surface area (Å²) in [5, 5.41) is 5.87. The van der Waals surface area contributed by atoms with E-state index < -0.39 is 12.1 Å². The first-order chi connectivity index (χ1) is 26.3. The summed E-state index contributed by atoms with van der Waals surface area (Å²) < 4.78 is 10.2. The quantitative estimate of drug-likeness (QED) is 0.210. The van der Waals surface area contributed by atoms with Crippen LogP contribution in [-0.4, -0.2) is 60.0 Å². The van der Waals surface area contributed by atoms with Gasteiger partial charge >= 0.3 is 6.09 Å². The summed E-state index contributed by atoms with van der Waals surface area (Å²) in [5.74, 6) is 1.90. The Morgan fingerprint density at radius 2 is 1.48 bits per heavy atom. The standard InChI is InChI=1S/C44H49N5O5/c1-26(2)41(48-44(52)53-3)43(51)49-18-4-7-38(49)36-21-33(23-45-36)29-12-8-27(9-13-29)28-10-14-30(15-11-28)34-22-37(46-24-34)39-31-16-17-32(20-31)40(39)42(50)47-25-35-6-5-19-54-35/h5-6,8-15,19,23-24,26,31-32,38-41H,4,7,16-18,20-22,25H2,1-3H3,(H,47,50)(H,48,52)/t31?,32?,38-,39+,40-,41-/m0/s1. The molecule has 1 aromatic heterocycles. The van der Waals surface area contributed by atoms with Gasteiger partial charge in [-0.15, -0.1) is 0 Å². The van der Waals surface area contributed by atoms with E-state index in [-0.39, 0.29) is 35.6 Å². The number of methoxy groups -OCH3 is 1. The summed E-state index contributed by atoms with van der Waals surface area (Å²) in [5.41, 5.74) is 9.05. The number of benzene rings is 2. The lowest BCUT2D eigenvalue weighted by molar-refractivity contribution is -0.134. The van der Waals surface area contributed by atoms with Crippen molar-refractivity contribution in [2.24, 2.45) is 39.6 Å². The first kappa shape index (κ1) is 35.8. The summed E-state index contributed by atoms with van der Waals surface area (Å²) in [4.78, 5) is 50.6. The summed E-state index contributed by atoms with van der Waals surface area (Å²) in [6.07, 6.45) is 11.7. The van der Waals surface area contributed by atoms with Crippen LogP contribution in [0.1, 0.15) is 75.7 Å². The highest BCUT2D eigenvalue weighted by Crippen LogP contribution is 2.54. The van der Waals surface area contributed by atoms with Crippen molar-refractivity contribution in [1.29, 1.82) is 0 Å². The van der Waals surface area contributed by atoms with Gasteiger partial charge in [0.05, 0.1) is 26.0 Å². The number of rotatable bonds is 11. The van der Waals surface area contributed by atoms with Crippen LogP contribution < -0.4 is 10.6 Å². The van der Waals surface area contributed by atoms with Crippen LogP contribution in [0.15, 0.2) is 93.7 Å². The summed E-state index contributed by atoms with van der Waals surface area (Å²) in [7, 11) is 1.31. The van der Waals surface area contributed by atoms with Crippen molar-refractivity contribution in [3.8, 4) is 11.1 Å². The molecule has 54 heavy (non-hydrogen) atoms. The molecule has 10 heteroatoms. The Hall–Kier alpha value is -5.25. The third kappa shape index (κ3) is 7.06. The van der Waals surface area contributed by atoms with Crippen LogP contribution in [0.2, 0.25) is 0 Å². The number of hydrogen-bond acceptors (Lipinski definition) is 7. The monoisotopic (exact) mass is 727 g/mol. The molecule has 0 radical (unpaired) electrons. The maximum atomic E-state index is 13.6. The van der Waals surface area contributed by atoms with E-state index in [4.69, 9.17) is 19.1 Å². The van der Waals surface area contributed by atoms with Gasteiger partial charge in [-0.1, -0.05) is 62.4 Å². The van der Waals surface area contributed by atoms with E-state index >= 15 is 0 Å². The van der Waals surface area contributed by atoms with Gasteiger partial charge in [0.25, 0.3) is 0 Å². The number of nitrogens with one attached hydrogen (secondary N) is 2. The third-order valence-electron chi connectivity index (χ3n) is 12.3. The van der Waals surface area contributed by atoms with Crippen molar-refractivity contribution in [2.45, 2.75) is 77.4 Å². The summed E-state index contributed by atoms with van der Waals surface area (Å²) in [6, 6.07) is 20.3. The minimum absolute atomic E-state index is 0.0189. The summed E-state index contributed by atoms with van der Waals surface area (Å²) >= 11 is 0. The second kappa shape index (κ2) is 15.2. The van der Waals surface area contributed by atoms with Gasteiger partial charge in [0.2, 0.25) is 11.8 Å². The second-order valence-corrected chi connectivity index (χ2v) is 15.8. The number of likely N-dealkylation sites (tertiary alicyclic amines) is 1. The Kier molecular flexibility index (Phi) is 10.1. The number of carbonyl (C=O) groups is 3. The maximum Gasteiger partial charge on any atom is 0.407 e. The number of hydrogen-bond donors (Lipinski definition) is 2. The van der Waals surface area contributed by atoms with Gasteiger partial charge in [-0.3, -0.25) is 19.6 Å². The Balaban J connectivity index is 0.864. The van der Waals surface area contributed by atoms with E-state index in [2.05, 4.69) is 59.2 Å². The zero-order valence-corrected chi connectivity index (χ0v) is 31.3. The van der Waals surface area contributed by atoms with Crippen LogP contribution in [0.5, 0.6) is 0 Å². The Morgan fingerprint density at radius 1 is 0.852 bits per heavy atom. The molecule has 5 aliphatic rings. The molecule has 2 bridgehead atoms. The molecule has 8 rings (SSSR count). The fourth-order valence-corrected chi connectivity index (χ4v) is 9.52. The van der Waals surface area contributed by atoms with E-state index in [9.17, 15) is 14.4 Å². The van der Waals surface area contributed by atoms with Crippen LogP contribution in [0.4, 0.5) is 4.79 Å². The number of carbonyl (C=O) groups excluding carboxylic acids is 3. The molecule has 4 heterocycles. The maximum absolute atomic E-state index is 13.6. The zero-order chi connectivity index (χ0) is 37.3. The number of fused-ring (bicyclic) bond motifs is 2. The topological polar surface area (TPSA) is 126 Å². The van der Waals surface area contributed by atoms with Gasteiger partial charge in [-0.05, 0) is 95.4 Å². The molecule has 280 valence electrons. The number of amides is 3. The molecule has 0 spiro atoms. The second-order valence-electron chi connectivity index (χ2n) is 15.8. The highest BCUT2D eigenvalue weighted by atomic mass is 16.5. The van der Waals surface area contributed by atoms with Gasteiger partial charge in [-0.25, -0.2) is 4.79 Å². The average molecular weight is 728 g/mol. The molecule has 3 fully saturated rings. The van der Waals surface area contributed by atoms with Crippen molar-refractivity contribution in [1.82, 2.24) is 15.5 Å². The van der Waals surface area contributed by atoms with Crippen molar-refractivity contribution >= 4 is 40.5 Å². The largest absolute Gasteiger partial charge is 0.467 e. The van der Waals surface area contributed by atoms with E-state index in [0.717, 1.165) is 77.1 Å². The molecule has 2 aliphatic carbocycles. The highest BCUT2D eigenvalue weighted by Gasteiger charge is 2.52. The number of ether oxygens (including phenoxy) is 1. The SMILES string of the molecule is COC(=O)N[C@H](C(=O)N1CCC[C@H]1C1=NC=C(c2ccc(-c3ccc(C4=CN=C([C@H]5C6CCC(C6)[C@@H]5C(=O)NCc5ccco5)C4)cc3)cc2)C1)C(C)C. The van der Waals surface area contributed by atoms with Crippen molar-refractivity contribution in [3.63, 3.8) is 0 Å². The summed E-state index contributed by atoms with van der Waals surface area (Å²) in [6.45, 7) is 4.93. The fourth-order valence-electron chi connectivity index (χ4n) is 9.52. The Morgan fingerprint density at radius 3 is 2.11 bits per heavy atom. The number of nitrogens with zero attached hydrogens (tertiary/aromatic N) is 3. The predicted molar refractivity (Wildman–Crippen MR) is 209 cm³/mol. The van der Waals surface area contributed by atoms with Gasteiger partial charge in [0.15, 0.2) is 0 Å². The molecule has 3 aromatic rings. The molecule has 10 nitrogen and oxygen atoms in total. The number of aliphatic imine (C=N–C) groups is 2. The van der Waals surface area contributed by atoms with Gasteiger partial charge < -0.3 is 24.7 Å².